The minimum Gasteiger partial charge on any atom is -0.476 e. The van der Waals surface area contributed by atoms with Crippen LogP contribution in [0.3, 0.4) is 0 Å². The van der Waals surface area contributed by atoms with Gasteiger partial charge in [-0.2, -0.15) is 9.97 Å². The number of aliphatic hydroxyl groups is 1. The highest BCUT2D eigenvalue weighted by atomic mass is 35.5. The highest BCUT2D eigenvalue weighted by Crippen LogP contribution is 2.45. The van der Waals surface area contributed by atoms with Crippen LogP contribution in [0.1, 0.15) is 33.9 Å². The Kier molecular flexibility index (Phi) is 12.0. The Bertz CT molecular complexity index is 1340. The number of nitrogens with zero attached hydrogens (tertiary/aromatic N) is 4. The third kappa shape index (κ3) is 9.17. The van der Waals surface area contributed by atoms with E-state index < -0.39 is 44.0 Å². The van der Waals surface area contributed by atoms with E-state index in [0.29, 0.717) is 12.4 Å². The maximum Gasteiger partial charge on any atom is 0.323 e. The normalized spacial score (nSPS) is 16.1. The molecular weight excluding hydrogens is 602 g/mol. The molecule has 0 aliphatic heterocycles. The molecule has 4 N–H and O–H groups in total. The lowest BCUT2D eigenvalue weighted by Crippen LogP contribution is -2.38. The summed E-state index contributed by atoms with van der Waals surface area (Å²) in [6.45, 7) is 2.89. The molecule has 17 heteroatoms. The highest BCUT2D eigenvalue weighted by Gasteiger charge is 2.33. The van der Waals surface area contributed by atoms with Gasteiger partial charge in [0.15, 0.2) is 17.4 Å². The molecule has 5 atom stereocenters. The number of nitrogens with one attached hydrogen (secondary N) is 1. The van der Waals surface area contributed by atoms with Gasteiger partial charge >= 0.3 is 12.6 Å². The van der Waals surface area contributed by atoms with E-state index in [-0.39, 0.29) is 35.0 Å². The molecule has 0 aliphatic rings. The molecular formula is C24H33ClFN6O7PS. The molecule has 2 aromatic heterocycles. The number of nitrogens with two attached hydrogens (primary N) is 1. The molecule has 0 aliphatic carbocycles. The molecule has 0 amide bonds. The van der Waals surface area contributed by atoms with E-state index in [1.165, 1.54) is 17.8 Å². The lowest BCUT2D eigenvalue weighted by Gasteiger charge is -2.30. The lowest BCUT2D eigenvalue weighted by molar-refractivity contribution is -0.151. The lowest BCUT2D eigenvalue weighted by atomic mass is 10.3. The number of hydrogen-bond acceptors (Lipinski definition) is 12. The molecule has 0 saturated heterocycles. The molecule has 41 heavy (non-hydrogen) atoms. The number of fused-ring (bicyclic) bond motifs is 1. The van der Waals surface area contributed by atoms with E-state index in [9.17, 15) is 14.3 Å². The first-order chi connectivity index (χ1) is 19.5. The van der Waals surface area contributed by atoms with Crippen molar-refractivity contribution in [3.63, 3.8) is 0 Å². The van der Waals surface area contributed by atoms with E-state index >= 15 is 0 Å². The first-order valence-corrected chi connectivity index (χ1v) is 15.8. The van der Waals surface area contributed by atoms with E-state index in [1.807, 2.05) is 0 Å². The average molecular weight is 635 g/mol. The van der Waals surface area contributed by atoms with Crippen LogP contribution in [0.15, 0.2) is 36.7 Å². The SMILES string of the molecule is CCOc1nc(N)nc2c1ncn2[C@@H](CCl)O[C@H](COP(=S)(NC(C)C(=O)OC(C)C)Oc1ccccc1)[C@@H](O)F. The zero-order chi connectivity index (χ0) is 30.2. The summed E-state index contributed by atoms with van der Waals surface area (Å²) in [5.74, 6) is -0.376. The summed E-state index contributed by atoms with van der Waals surface area (Å²) in [5.41, 5.74) is 6.32. The number of para-hydroxylation sites is 1. The Hall–Kier alpha value is -2.65. The third-order valence-corrected chi connectivity index (χ3v) is 7.97. The zero-order valence-electron chi connectivity index (χ0n) is 22.8. The smallest absolute Gasteiger partial charge is 0.323 e. The van der Waals surface area contributed by atoms with Gasteiger partial charge in [0, 0.05) is 0 Å². The number of halogens is 2. The minimum absolute atomic E-state index is 0.0867. The van der Waals surface area contributed by atoms with Crippen molar-refractivity contribution in [1.82, 2.24) is 24.6 Å². The molecule has 0 radical (unpaired) electrons. The number of ether oxygens (including phenoxy) is 3. The largest absolute Gasteiger partial charge is 0.476 e. The van der Waals surface area contributed by atoms with Gasteiger partial charge in [0.2, 0.25) is 18.2 Å². The fraction of sp³-hybridized carbons (Fsp3) is 0.500. The monoisotopic (exact) mass is 634 g/mol. The maximum atomic E-state index is 14.4. The van der Waals surface area contributed by atoms with Gasteiger partial charge in [-0.15, -0.1) is 11.6 Å². The molecule has 2 unspecified atom stereocenters. The van der Waals surface area contributed by atoms with Crippen LogP contribution in [0, 0.1) is 0 Å². The number of aromatic nitrogens is 4. The Morgan fingerprint density at radius 2 is 1.98 bits per heavy atom. The first kappa shape index (κ1) is 32.9. The van der Waals surface area contributed by atoms with Crippen molar-refractivity contribution in [3.8, 4) is 11.6 Å². The number of benzene rings is 1. The third-order valence-electron chi connectivity index (χ3n) is 5.20. The van der Waals surface area contributed by atoms with Gasteiger partial charge in [0.05, 0.1) is 31.5 Å². The molecule has 0 fully saturated rings. The molecule has 2 heterocycles. The van der Waals surface area contributed by atoms with Crippen LogP contribution in [0.5, 0.6) is 11.6 Å². The van der Waals surface area contributed by atoms with Crippen molar-refractivity contribution in [1.29, 1.82) is 0 Å². The van der Waals surface area contributed by atoms with Crippen molar-refractivity contribution in [2.24, 2.45) is 0 Å². The van der Waals surface area contributed by atoms with Crippen molar-refractivity contribution < 1.29 is 37.5 Å². The minimum atomic E-state index is -3.54. The fourth-order valence-corrected chi connectivity index (χ4v) is 6.06. The van der Waals surface area contributed by atoms with E-state index in [4.69, 9.17) is 52.4 Å². The van der Waals surface area contributed by atoms with Crippen LogP contribution in [0.2, 0.25) is 0 Å². The average Bonchev–Trinajstić information content (AvgIpc) is 3.32. The van der Waals surface area contributed by atoms with Crippen molar-refractivity contribution in [2.75, 3.05) is 24.8 Å². The predicted molar refractivity (Wildman–Crippen MR) is 154 cm³/mol. The number of anilines is 1. The van der Waals surface area contributed by atoms with E-state index in [0.717, 1.165) is 0 Å². The molecule has 226 valence electrons. The second kappa shape index (κ2) is 15.0. The quantitative estimate of drug-likeness (QED) is 0.119. The highest BCUT2D eigenvalue weighted by molar-refractivity contribution is 8.09. The van der Waals surface area contributed by atoms with Crippen LogP contribution in [0.4, 0.5) is 10.3 Å². The molecule has 0 spiro atoms. The molecule has 0 saturated carbocycles. The van der Waals surface area contributed by atoms with Gasteiger partial charge < -0.3 is 34.1 Å². The topological polar surface area (TPSA) is 165 Å². The van der Waals surface area contributed by atoms with Gasteiger partial charge in [-0.1, -0.05) is 18.2 Å². The maximum absolute atomic E-state index is 14.4. The molecule has 0 bridgehead atoms. The van der Waals surface area contributed by atoms with Crippen LogP contribution in [-0.2, 0) is 30.6 Å². The molecule has 3 aromatic rings. The number of nitrogen functional groups attached to an aromatic ring is 1. The number of esters is 1. The summed E-state index contributed by atoms with van der Waals surface area (Å²) in [6.07, 6.45) is -4.20. The number of hydrogen-bond donors (Lipinski definition) is 3. The number of imidazole rings is 1. The number of carbonyl (C=O) groups excluding carboxylic acids is 1. The Labute approximate surface area is 246 Å². The van der Waals surface area contributed by atoms with Gasteiger partial charge in [-0.3, -0.25) is 9.36 Å². The fourth-order valence-electron chi connectivity index (χ4n) is 3.42. The summed E-state index contributed by atoms with van der Waals surface area (Å²) in [5, 5.41) is 12.8. The summed E-state index contributed by atoms with van der Waals surface area (Å²) in [7, 11) is 0. The first-order valence-electron chi connectivity index (χ1n) is 12.6. The molecule has 1 aromatic carbocycles. The number of carbonyl (C=O) groups is 1. The summed E-state index contributed by atoms with van der Waals surface area (Å²) in [6, 6.07) is 7.56. The number of alkyl halides is 2. The summed E-state index contributed by atoms with van der Waals surface area (Å²) < 4.78 is 44.1. The Morgan fingerprint density at radius 3 is 2.59 bits per heavy atom. The molecule has 13 nitrogen and oxygen atoms in total. The van der Waals surface area contributed by atoms with E-state index in [1.54, 1.807) is 51.1 Å². The number of aliphatic hydroxyl groups excluding tert-OH is 1. The van der Waals surface area contributed by atoms with Crippen LogP contribution < -0.4 is 20.1 Å². The van der Waals surface area contributed by atoms with Gasteiger partial charge in [0.1, 0.15) is 17.9 Å². The van der Waals surface area contributed by atoms with Gasteiger partial charge in [-0.05, 0) is 51.6 Å². The van der Waals surface area contributed by atoms with Crippen molar-refractivity contribution >= 4 is 53.1 Å². The number of rotatable bonds is 16. The van der Waals surface area contributed by atoms with Crippen LogP contribution >= 0.6 is 18.2 Å². The van der Waals surface area contributed by atoms with Crippen LogP contribution in [0.25, 0.3) is 11.2 Å². The second-order valence-electron chi connectivity index (χ2n) is 8.83. The Morgan fingerprint density at radius 1 is 1.27 bits per heavy atom. The van der Waals surface area contributed by atoms with Gasteiger partial charge in [0.25, 0.3) is 0 Å². The van der Waals surface area contributed by atoms with Crippen LogP contribution in [-0.4, -0.2) is 74.3 Å². The predicted octanol–water partition coefficient (Wildman–Crippen LogP) is 3.47. The standard InChI is InChI=1S/C24H33ClFN6O7PS/c1-5-35-22-19-21(29-24(27)30-22)32(13-28-19)18(11-25)38-17(20(26)33)12-36-40(41,39-16-9-7-6-8-10-16)31-15(4)23(34)37-14(2)3/h6-10,13-15,17-18,20,33H,5,11-12H2,1-4H3,(H,31,41)(H2,27,29,30)/t15?,17-,18-,20-,40?/m1/s1. The second-order valence-corrected chi connectivity index (χ2v) is 12.3. The Balaban J connectivity index is 1.83. The summed E-state index contributed by atoms with van der Waals surface area (Å²) >= 11 is 11.8. The summed E-state index contributed by atoms with van der Waals surface area (Å²) in [4.78, 5) is 24.9. The van der Waals surface area contributed by atoms with Gasteiger partial charge in [-0.25, -0.2) is 14.5 Å². The van der Waals surface area contributed by atoms with Crippen molar-refractivity contribution in [2.45, 2.75) is 58.5 Å². The van der Waals surface area contributed by atoms with Crippen molar-refractivity contribution in [3.05, 3.63) is 36.7 Å². The zero-order valence-corrected chi connectivity index (χ0v) is 25.3. The molecule has 3 rings (SSSR count). The van der Waals surface area contributed by atoms with E-state index in [2.05, 4.69) is 20.0 Å².